The van der Waals surface area contributed by atoms with Crippen LogP contribution in [0.4, 0.5) is 27.4 Å². The molecule has 2 fully saturated rings. The lowest BCUT2D eigenvalue weighted by molar-refractivity contribution is -0.114. The van der Waals surface area contributed by atoms with E-state index in [2.05, 4.69) is 51.3 Å². The van der Waals surface area contributed by atoms with Crippen LogP contribution in [0, 0.1) is 5.82 Å². The first kappa shape index (κ1) is 28.4. The van der Waals surface area contributed by atoms with E-state index in [0.717, 1.165) is 0 Å². The van der Waals surface area contributed by atoms with E-state index >= 15 is 4.39 Å². The molecular weight excluding hydrogens is 525 g/mol. The van der Waals surface area contributed by atoms with Gasteiger partial charge >= 0.3 is 0 Å². The zero-order valence-corrected chi connectivity index (χ0v) is 23.9. The van der Waals surface area contributed by atoms with Gasteiger partial charge in [-0.25, -0.2) is 14.4 Å². The molecule has 2 N–H and O–H groups in total. The second-order valence-corrected chi connectivity index (χ2v) is 10.7. The smallest absolute Gasteiger partial charge is 0.255 e. The Morgan fingerprint density at radius 3 is 2.32 bits per heavy atom. The number of anilines is 4. The number of hydrogen-bond acceptors (Lipinski definition) is 8. The molecule has 0 bridgehead atoms. The average molecular weight is 562 g/mol. The van der Waals surface area contributed by atoms with Crippen LogP contribution in [0.15, 0.2) is 48.8 Å². The van der Waals surface area contributed by atoms with Crippen LogP contribution in [0.25, 0.3) is 11.1 Å². The second kappa shape index (κ2) is 12.2. The predicted molar refractivity (Wildman–Crippen MR) is 158 cm³/mol. The largest absolute Gasteiger partial charge is 0.378 e. The van der Waals surface area contributed by atoms with Crippen molar-refractivity contribution in [3.63, 3.8) is 0 Å². The van der Waals surface area contributed by atoms with Crippen molar-refractivity contribution in [2.75, 3.05) is 66.9 Å². The predicted octanol–water partition coefficient (Wildman–Crippen LogP) is 3.86. The quantitative estimate of drug-likeness (QED) is 0.468. The number of piperazine rings is 1. The Bertz CT molecular complexity index is 1400. The van der Waals surface area contributed by atoms with E-state index in [9.17, 15) is 9.59 Å². The first-order valence-electron chi connectivity index (χ1n) is 13.8. The lowest BCUT2D eigenvalue weighted by Crippen LogP contribution is -2.55. The summed E-state index contributed by atoms with van der Waals surface area (Å²) in [5.74, 6) is -0.451. The molecule has 2 amide bonds. The highest BCUT2D eigenvalue weighted by molar-refractivity contribution is 6.07. The van der Waals surface area contributed by atoms with Crippen LogP contribution in [-0.4, -0.2) is 85.2 Å². The summed E-state index contributed by atoms with van der Waals surface area (Å²) in [7, 11) is 2.09. The SMILES string of the molecule is CC(=O)Nc1cccc(C(=O)Nc2cc(-c3cnc(N4CCOCC4)nc3)c(F)cc2N2C[C@@H](C)N(C)[C@@H](C)C2)c1. The van der Waals surface area contributed by atoms with Gasteiger partial charge in [0.15, 0.2) is 0 Å². The standard InChI is InChI=1S/C30H36FN7O3/c1-19-17-38(18-20(2)36(19)4)28-14-26(31)25(23-15-32-30(33-16-23)37-8-10-41-11-9-37)13-27(28)35-29(40)22-6-5-7-24(12-22)34-21(3)39/h5-7,12-16,19-20H,8-11,17-18H2,1-4H3,(H,34,39)(H,35,40)/t19-,20+. The molecule has 0 aliphatic carbocycles. The molecule has 2 aliphatic rings. The maximum atomic E-state index is 15.8. The summed E-state index contributed by atoms with van der Waals surface area (Å²) in [5.41, 5.74) is 2.78. The highest BCUT2D eigenvalue weighted by Crippen LogP contribution is 2.36. The highest BCUT2D eigenvalue weighted by atomic mass is 19.1. The number of rotatable bonds is 6. The lowest BCUT2D eigenvalue weighted by Gasteiger charge is -2.44. The number of likely N-dealkylation sites (N-methyl/N-ethyl adjacent to an activating group) is 1. The summed E-state index contributed by atoms with van der Waals surface area (Å²) < 4.78 is 21.2. The molecule has 2 atom stereocenters. The van der Waals surface area contributed by atoms with Crippen molar-refractivity contribution in [1.82, 2.24) is 14.9 Å². The minimum atomic E-state index is -0.424. The topological polar surface area (TPSA) is 103 Å². The van der Waals surface area contributed by atoms with E-state index in [1.54, 1.807) is 42.7 Å². The highest BCUT2D eigenvalue weighted by Gasteiger charge is 2.29. The molecular formula is C30H36FN7O3. The van der Waals surface area contributed by atoms with Gasteiger partial charge in [0.05, 0.1) is 24.6 Å². The fourth-order valence-corrected chi connectivity index (χ4v) is 5.27. The Labute approximate surface area is 239 Å². The molecule has 41 heavy (non-hydrogen) atoms. The lowest BCUT2D eigenvalue weighted by atomic mass is 10.0. The molecule has 0 unspecified atom stereocenters. The van der Waals surface area contributed by atoms with Crippen LogP contribution >= 0.6 is 0 Å². The summed E-state index contributed by atoms with van der Waals surface area (Å²) in [6.07, 6.45) is 3.22. The number of halogens is 1. The molecule has 1 aromatic heterocycles. The zero-order valence-electron chi connectivity index (χ0n) is 23.9. The molecule has 3 heterocycles. The molecule has 11 heteroatoms. The van der Waals surface area contributed by atoms with E-state index in [1.807, 2.05) is 4.90 Å². The van der Waals surface area contributed by atoms with Gasteiger partial charge in [0.25, 0.3) is 5.91 Å². The molecule has 0 radical (unpaired) electrons. The van der Waals surface area contributed by atoms with Gasteiger partial charge < -0.3 is 25.2 Å². The maximum absolute atomic E-state index is 15.8. The Morgan fingerprint density at radius 2 is 1.66 bits per heavy atom. The van der Waals surface area contributed by atoms with Crippen LogP contribution in [-0.2, 0) is 9.53 Å². The fourth-order valence-electron chi connectivity index (χ4n) is 5.27. The summed E-state index contributed by atoms with van der Waals surface area (Å²) in [6.45, 7) is 9.65. The van der Waals surface area contributed by atoms with Gasteiger partial charge in [-0.05, 0) is 51.2 Å². The van der Waals surface area contributed by atoms with Crippen LogP contribution in [0.3, 0.4) is 0 Å². The normalized spacial score (nSPS) is 19.6. The summed E-state index contributed by atoms with van der Waals surface area (Å²) in [5, 5.41) is 5.71. The summed E-state index contributed by atoms with van der Waals surface area (Å²) in [4.78, 5) is 40.4. The number of carbonyl (C=O) groups is 2. The summed E-state index contributed by atoms with van der Waals surface area (Å²) >= 11 is 0. The monoisotopic (exact) mass is 561 g/mol. The van der Waals surface area contributed by atoms with Gasteiger partial charge in [-0.2, -0.15) is 0 Å². The van der Waals surface area contributed by atoms with E-state index in [4.69, 9.17) is 4.74 Å². The van der Waals surface area contributed by atoms with E-state index in [-0.39, 0.29) is 23.9 Å². The van der Waals surface area contributed by atoms with Gasteiger partial charge in [-0.15, -0.1) is 0 Å². The van der Waals surface area contributed by atoms with Crippen molar-refractivity contribution in [1.29, 1.82) is 0 Å². The Kier molecular flexibility index (Phi) is 8.46. The molecule has 0 spiro atoms. The van der Waals surface area contributed by atoms with Crippen LogP contribution in [0.5, 0.6) is 0 Å². The van der Waals surface area contributed by atoms with Crippen molar-refractivity contribution in [3.8, 4) is 11.1 Å². The van der Waals surface area contributed by atoms with Crippen molar-refractivity contribution in [2.24, 2.45) is 0 Å². The van der Waals surface area contributed by atoms with Crippen LogP contribution in [0.2, 0.25) is 0 Å². The van der Waals surface area contributed by atoms with Gasteiger partial charge in [-0.1, -0.05) is 6.07 Å². The first-order chi connectivity index (χ1) is 19.7. The molecule has 2 aromatic carbocycles. The Morgan fingerprint density at radius 1 is 0.976 bits per heavy atom. The van der Waals surface area contributed by atoms with Crippen molar-refractivity contribution >= 4 is 34.8 Å². The van der Waals surface area contributed by atoms with Gasteiger partial charge in [0.2, 0.25) is 11.9 Å². The zero-order chi connectivity index (χ0) is 29.1. The number of aromatic nitrogens is 2. The van der Waals surface area contributed by atoms with Gasteiger partial charge in [-0.3, -0.25) is 14.5 Å². The van der Waals surface area contributed by atoms with Gasteiger partial charge in [0, 0.05) is 80.0 Å². The van der Waals surface area contributed by atoms with E-state index < -0.39 is 5.82 Å². The second-order valence-electron chi connectivity index (χ2n) is 10.7. The molecule has 2 saturated heterocycles. The third kappa shape index (κ3) is 6.47. The fraction of sp³-hybridized carbons (Fsp3) is 0.400. The van der Waals surface area contributed by atoms with Crippen LogP contribution in [0.1, 0.15) is 31.1 Å². The molecule has 0 saturated carbocycles. The number of morpholine rings is 1. The number of hydrogen-bond donors (Lipinski definition) is 2. The number of nitrogens with zero attached hydrogens (tertiary/aromatic N) is 5. The number of nitrogens with one attached hydrogen (secondary N) is 2. The van der Waals surface area contributed by atoms with E-state index in [0.29, 0.717) is 79.1 Å². The van der Waals surface area contributed by atoms with Gasteiger partial charge in [0.1, 0.15) is 5.82 Å². The molecule has 10 nitrogen and oxygen atoms in total. The summed E-state index contributed by atoms with van der Waals surface area (Å²) in [6, 6.07) is 10.3. The Hall–Kier alpha value is -4.09. The van der Waals surface area contributed by atoms with Crippen molar-refractivity contribution in [2.45, 2.75) is 32.9 Å². The maximum Gasteiger partial charge on any atom is 0.255 e. The molecule has 2 aliphatic heterocycles. The molecule has 3 aromatic rings. The van der Waals surface area contributed by atoms with Crippen molar-refractivity contribution < 1.29 is 18.7 Å². The minimum Gasteiger partial charge on any atom is -0.378 e. The third-order valence-corrected chi connectivity index (χ3v) is 7.72. The molecule has 216 valence electrons. The number of benzene rings is 2. The Balaban J connectivity index is 1.49. The molecule has 5 rings (SSSR count). The average Bonchev–Trinajstić information content (AvgIpc) is 2.96. The number of carbonyl (C=O) groups excluding carboxylic acids is 2. The first-order valence-corrected chi connectivity index (χ1v) is 13.8. The van der Waals surface area contributed by atoms with Crippen molar-refractivity contribution in [3.05, 3.63) is 60.2 Å². The van der Waals surface area contributed by atoms with E-state index in [1.165, 1.54) is 13.0 Å². The number of ether oxygens (including phenoxy) is 1. The third-order valence-electron chi connectivity index (χ3n) is 7.72. The number of amides is 2. The van der Waals surface area contributed by atoms with Crippen LogP contribution < -0.4 is 20.4 Å². The minimum absolute atomic E-state index is 0.229.